The van der Waals surface area contributed by atoms with Crippen LogP contribution < -0.4 is 10.5 Å². The molecule has 1 heterocycles. The predicted molar refractivity (Wildman–Crippen MR) is 111 cm³/mol. The lowest BCUT2D eigenvalue weighted by atomic mass is 10.1. The van der Waals surface area contributed by atoms with E-state index >= 15 is 0 Å². The maximum atomic E-state index is 11.9. The summed E-state index contributed by atoms with van der Waals surface area (Å²) in [5.74, 6) is 1.07. The minimum Gasteiger partial charge on any atom is -0.338 e. The van der Waals surface area contributed by atoms with Crippen molar-refractivity contribution in [2.75, 3.05) is 5.32 Å². The highest BCUT2D eigenvalue weighted by Gasteiger charge is 2.16. The molecule has 0 aliphatic carbocycles. The van der Waals surface area contributed by atoms with Crippen LogP contribution in [0, 0.1) is 6.92 Å². The van der Waals surface area contributed by atoms with Crippen LogP contribution in [0.4, 0.5) is 11.5 Å². The number of primary sulfonamides is 1. The Morgan fingerprint density at radius 1 is 0.893 bits per heavy atom. The van der Waals surface area contributed by atoms with Crippen LogP contribution in [0.25, 0.3) is 22.3 Å². The van der Waals surface area contributed by atoms with E-state index in [1.807, 2.05) is 55.5 Å². The summed E-state index contributed by atoms with van der Waals surface area (Å²) in [5, 5.41) is 9.28. The second kappa shape index (κ2) is 7.03. The quantitative estimate of drug-likeness (QED) is 0.549. The first-order valence-corrected chi connectivity index (χ1v) is 10.2. The smallest absolute Gasteiger partial charge is 0.240 e. The molecule has 0 radical (unpaired) electrons. The Labute approximate surface area is 163 Å². The van der Waals surface area contributed by atoms with Crippen molar-refractivity contribution in [1.82, 2.24) is 9.97 Å². The van der Waals surface area contributed by atoms with Crippen LogP contribution in [0.3, 0.4) is 0 Å². The van der Waals surface area contributed by atoms with Crippen LogP contribution in [0.2, 0.25) is 0 Å². The topological polar surface area (TPSA) is 98.0 Å². The van der Waals surface area contributed by atoms with Gasteiger partial charge in [-0.25, -0.2) is 23.5 Å². The number of nitrogens with two attached hydrogens (primary N) is 1. The molecule has 0 saturated carbocycles. The van der Waals surface area contributed by atoms with Crippen molar-refractivity contribution in [3.8, 4) is 11.4 Å². The maximum absolute atomic E-state index is 11.9. The molecule has 0 aliphatic heterocycles. The number of nitrogens with one attached hydrogen (secondary N) is 1. The van der Waals surface area contributed by atoms with Gasteiger partial charge in [0, 0.05) is 10.9 Å². The molecule has 3 N–H and O–H groups in total. The Balaban J connectivity index is 1.90. The van der Waals surface area contributed by atoms with E-state index in [-0.39, 0.29) is 4.90 Å². The van der Waals surface area contributed by atoms with Crippen molar-refractivity contribution < 1.29 is 8.42 Å². The molecule has 1 aromatic heterocycles. The zero-order valence-corrected chi connectivity index (χ0v) is 15.9. The van der Waals surface area contributed by atoms with Gasteiger partial charge in [0.25, 0.3) is 0 Å². The highest BCUT2D eigenvalue weighted by Crippen LogP contribution is 2.29. The molecular formula is C21H18N4O2S. The van der Waals surface area contributed by atoms with E-state index in [2.05, 4.69) is 15.3 Å². The van der Waals surface area contributed by atoms with Gasteiger partial charge in [0.15, 0.2) is 5.82 Å². The van der Waals surface area contributed by atoms with E-state index in [1.165, 1.54) is 6.07 Å². The molecule has 28 heavy (non-hydrogen) atoms. The lowest BCUT2D eigenvalue weighted by Crippen LogP contribution is -2.14. The monoisotopic (exact) mass is 390 g/mol. The van der Waals surface area contributed by atoms with Gasteiger partial charge >= 0.3 is 0 Å². The van der Waals surface area contributed by atoms with Gasteiger partial charge in [-0.2, -0.15) is 0 Å². The fourth-order valence-electron chi connectivity index (χ4n) is 3.03. The summed E-state index contributed by atoms with van der Waals surface area (Å²) in [6.45, 7) is 2.01. The fourth-order valence-corrected chi connectivity index (χ4v) is 3.72. The van der Waals surface area contributed by atoms with Crippen LogP contribution in [0.5, 0.6) is 0 Å². The lowest BCUT2D eigenvalue weighted by Gasteiger charge is -2.13. The van der Waals surface area contributed by atoms with Crippen LogP contribution in [-0.4, -0.2) is 18.4 Å². The number of benzene rings is 3. The van der Waals surface area contributed by atoms with Crippen LogP contribution in [0.1, 0.15) is 5.56 Å². The third-order valence-electron chi connectivity index (χ3n) is 4.33. The van der Waals surface area contributed by atoms with Crippen molar-refractivity contribution in [3.63, 3.8) is 0 Å². The van der Waals surface area contributed by atoms with Crippen molar-refractivity contribution in [1.29, 1.82) is 0 Å². The Bertz CT molecular complexity index is 1290. The van der Waals surface area contributed by atoms with Gasteiger partial charge < -0.3 is 5.32 Å². The Hall–Kier alpha value is -3.29. The number of rotatable bonds is 4. The van der Waals surface area contributed by atoms with E-state index in [9.17, 15) is 8.42 Å². The number of hydrogen-bond acceptors (Lipinski definition) is 5. The number of fused-ring (bicyclic) bond motifs is 1. The number of sulfonamides is 1. The van der Waals surface area contributed by atoms with Crippen LogP contribution in [0.15, 0.2) is 77.7 Å². The molecule has 0 aliphatic rings. The summed E-state index contributed by atoms with van der Waals surface area (Å²) in [6, 6.07) is 22.0. The van der Waals surface area contributed by atoms with Gasteiger partial charge in [0.1, 0.15) is 10.7 Å². The molecule has 0 unspecified atom stereocenters. The molecule has 140 valence electrons. The molecule has 0 fully saturated rings. The third-order valence-corrected chi connectivity index (χ3v) is 5.30. The number of nitrogens with zero attached hydrogens (tertiary/aromatic N) is 2. The molecule has 0 bridgehead atoms. The summed E-state index contributed by atoms with van der Waals surface area (Å²) in [6.07, 6.45) is 0. The molecule has 0 atom stereocenters. The number of aryl methyl sites for hydroxylation is 1. The Morgan fingerprint density at radius 3 is 2.43 bits per heavy atom. The first-order valence-electron chi connectivity index (χ1n) is 8.64. The zero-order chi connectivity index (χ0) is 19.7. The van der Waals surface area contributed by atoms with E-state index in [1.54, 1.807) is 18.2 Å². The summed E-state index contributed by atoms with van der Waals surface area (Å²) >= 11 is 0. The van der Waals surface area contributed by atoms with Crippen molar-refractivity contribution in [3.05, 3.63) is 78.4 Å². The molecule has 0 amide bonds. The van der Waals surface area contributed by atoms with Gasteiger partial charge in [0.2, 0.25) is 10.0 Å². The maximum Gasteiger partial charge on any atom is 0.240 e. The average Bonchev–Trinajstić information content (AvgIpc) is 2.67. The second-order valence-electron chi connectivity index (χ2n) is 6.45. The van der Waals surface area contributed by atoms with E-state index in [0.717, 1.165) is 22.0 Å². The van der Waals surface area contributed by atoms with Crippen molar-refractivity contribution in [2.45, 2.75) is 11.8 Å². The number of hydrogen-bond donors (Lipinski definition) is 2. The number of anilines is 2. The minimum atomic E-state index is -3.88. The standard InChI is InChI=1S/C21H18N4O2S/c1-14-7-6-8-15(13-14)20-23-17-10-3-2-9-16(17)21(25-20)24-18-11-4-5-12-19(18)28(22,26)27/h2-13H,1H3,(H2,22,26,27)(H,23,24,25). The summed E-state index contributed by atoms with van der Waals surface area (Å²) < 4.78 is 23.9. The number of para-hydroxylation sites is 2. The predicted octanol–water partition coefficient (Wildman–Crippen LogP) is 4.00. The van der Waals surface area contributed by atoms with Gasteiger partial charge in [-0.15, -0.1) is 0 Å². The molecule has 7 heteroatoms. The lowest BCUT2D eigenvalue weighted by molar-refractivity contribution is 0.598. The van der Waals surface area contributed by atoms with Gasteiger partial charge in [-0.1, -0.05) is 48.0 Å². The summed E-state index contributed by atoms with van der Waals surface area (Å²) in [7, 11) is -3.88. The normalized spacial score (nSPS) is 11.5. The van der Waals surface area contributed by atoms with E-state index in [4.69, 9.17) is 5.14 Å². The first-order chi connectivity index (χ1) is 13.4. The van der Waals surface area contributed by atoms with E-state index in [0.29, 0.717) is 17.3 Å². The third kappa shape index (κ3) is 3.58. The summed E-state index contributed by atoms with van der Waals surface area (Å²) in [5.41, 5.74) is 3.10. The molecular weight excluding hydrogens is 372 g/mol. The van der Waals surface area contributed by atoms with Crippen LogP contribution >= 0.6 is 0 Å². The molecule has 0 saturated heterocycles. The van der Waals surface area contributed by atoms with Gasteiger partial charge in [-0.3, -0.25) is 0 Å². The molecule has 4 aromatic rings. The highest BCUT2D eigenvalue weighted by atomic mass is 32.2. The number of aromatic nitrogens is 2. The SMILES string of the molecule is Cc1cccc(-c2nc(Nc3ccccc3S(N)(=O)=O)c3ccccc3n2)c1. The molecule has 0 spiro atoms. The van der Waals surface area contributed by atoms with Crippen molar-refractivity contribution in [2.24, 2.45) is 5.14 Å². The highest BCUT2D eigenvalue weighted by molar-refractivity contribution is 7.89. The Kier molecular flexibility index (Phi) is 4.54. The largest absolute Gasteiger partial charge is 0.338 e. The molecule has 3 aromatic carbocycles. The molecule has 6 nitrogen and oxygen atoms in total. The zero-order valence-electron chi connectivity index (χ0n) is 15.1. The molecule has 4 rings (SSSR count). The van der Waals surface area contributed by atoms with Gasteiger partial charge in [0.05, 0.1) is 11.2 Å². The fraction of sp³-hybridized carbons (Fsp3) is 0.0476. The Morgan fingerprint density at radius 2 is 1.64 bits per heavy atom. The van der Waals surface area contributed by atoms with Crippen LogP contribution in [-0.2, 0) is 10.0 Å². The van der Waals surface area contributed by atoms with Gasteiger partial charge in [-0.05, 0) is 37.3 Å². The van der Waals surface area contributed by atoms with E-state index < -0.39 is 10.0 Å². The summed E-state index contributed by atoms with van der Waals surface area (Å²) in [4.78, 5) is 9.35. The first kappa shape index (κ1) is 18.1. The minimum absolute atomic E-state index is 0.00907. The second-order valence-corrected chi connectivity index (χ2v) is 7.98. The average molecular weight is 390 g/mol. The van der Waals surface area contributed by atoms with Crippen molar-refractivity contribution >= 4 is 32.4 Å².